The number of nitro groups is 1. The smallest absolute Gasteiger partial charge is 0.270 e. The van der Waals surface area contributed by atoms with Crippen LogP contribution in [0.5, 0.6) is 5.75 Å². The summed E-state index contributed by atoms with van der Waals surface area (Å²) in [6.07, 6.45) is 1.59. The summed E-state index contributed by atoms with van der Waals surface area (Å²) in [6.45, 7) is 0. The predicted molar refractivity (Wildman–Crippen MR) is 90.1 cm³/mol. The molecular formula is C15H8Br2N2O3. The maximum atomic E-state index is 10.8. The van der Waals surface area contributed by atoms with Crippen LogP contribution in [0.2, 0.25) is 0 Å². The molecule has 2 aromatic rings. The number of hydrogen-bond acceptors (Lipinski definition) is 4. The largest absolute Gasteiger partial charge is 0.506 e. The molecule has 0 saturated heterocycles. The fourth-order valence-electron chi connectivity index (χ4n) is 1.80. The maximum Gasteiger partial charge on any atom is 0.270 e. The summed E-state index contributed by atoms with van der Waals surface area (Å²) >= 11 is 6.43. The van der Waals surface area contributed by atoms with Crippen LogP contribution in [-0.4, -0.2) is 10.0 Å². The first-order valence-corrected chi connectivity index (χ1v) is 7.55. The summed E-state index contributed by atoms with van der Waals surface area (Å²) in [6, 6.07) is 11.2. The molecule has 110 valence electrons. The molecule has 7 heteroatoms. The number of rotatable bonds is 3. The molecule has 0 radical (unpaired) electrons. The number of non-ortho nitro benzene ring substituents is 1. The molecule has 0 saturated carbocycles. The van der Waals surface area contributed by atoms with E-state index in [2.05, 4.69) is 31.9 Å². The molecule has 0 aromatic heterocycles. The summed E-state index contributed by atoms with van der Waals surface area (Å²) in [5.41, 5.74) is 1.33. The van der Waals surface area contributed by atoms with Gasteiger partial charge in [-0.15, -0.1) is 0 Å². The Kier molecular flexibility index (Phi) is 4.96. The first-order valence-electron chi connectivity index (χ1n) is 5.97. The molecule has 2 aromatic carbocycles. The number of benzene rings is 2. The van der Waals surface area contributed by atoms with E-state index < -0.39 is 4.92 Å². The van der Waals surface area contributed by atoms with Gasteiger partial charge in [0.1, 0.15) is 5.75 Å². The maximum absolute atomic E-state index is 10.8. The molecule has 0 fully saturated rings. The molecule has 0 spiro atoms. The second-order valence-electron chi connectivity index (χ2n) is 4.31. The van der Waals surface area contributed by atoms with Crippen molar-refractivity contribution < 1.29 is 10.0 Å². The molecular weight excluding hydrogens is 416 g/mol. The normalized spacial score (nSPS) is 11.0. The number of allylic oxidation sites excluding steroid dienone is 1. The lowest BCUT2D eigenvalue weighted by atomic mass is 10.0. The highest BCUT2D eigenvalue weighted by Gasteiger charge is 2.10. The lowest BCUT2D eigenvalue weighted by molar-refractivity contribution is -0.384. The third-order valence-electron chi connectivity index (χ3n) is 2.84. The van der Waals surface area contributed by atoms with Gasteiger partial charge in [-0.25, -0.2) is 0 Å². The molecule has 0 amide bonds. The molecule has 0 unspecified atom stereocenters. The number of hydrogen-bond donors (Lipinski definition) is 1. The van der Waals surface area contributed by atoms with Crippen molar-refractivity contribution in [2.45, 2.75) is 0 Å². The van der Waals surface area contributed by atoms with Crippen LogP contribution in [0.15, 0.2) is 45.3 Å². The minimum absolute atomic E-state index is 0.0611. The molecule has 0 aliphatic heterocycles. The summed E-state index contributed by atoms with van der Waals surface area (Å²) < 4.78 is 0.953. The van der Waals surface area contributed by atoms with Crippen molar-refractivity contribution in [3.63, 3.8) is 0 Å². The summed E-state index contributed by atoms with van der Waals surface area (Å²) in [5, 5.41) is 29.8. The number of phenols is 1. The van der Waals surface area contributed by atoms with Gasteiger partial charge in [0.15, 0.2) is 0 Å². The van der Waals surface area contributed by atoms with Crippen molar-refractivity contribution in [2.75, 3.05) is 0 Å². The Morgan fingerprint density at radius 1 is 1.27 bits per heavy atom. The molecule has 0 aliphatic carbocycles. The Labute approximate surface area is 142 Å². The number of nitriles is 1. The van der Waals surface area contributed by atoms with Gasteiger partial charge in [0.05, 0.1) is 25.5 Å². The van der Waals surface area contributed by atoms with Crippen molar-refractivity contribution >= 4 is 49.2 Å². The SMILES string of the molecule is N#CC(=Cc1cc(Br)c(O)c(Br)c1)c1cccc([N+](=O)[O-])c1. The first-order chi connectivity index (χ1) is 10.4. The summed E-state index contributed by atoms with van der Waals surface area (Å²) in [5.74, 6) is 0.0611. The minimum Gasteiger partial charge on any atom is -0.506 e. The highest BCUT2D eigenvalue weighted by Crippen LogP contribution is 2.34. The Morgan fingerprint density at radius 3 is 2.45 bits per heavy atom. The second kappa shape index (κ2) is 6.73. The fraction of sp³-hybridized carbons (Fsp3) is 0. The van der Waals surface area contributed by atoms with Gasteiger partial charge in [-0.3, -0.25) is 10.1 Å². The molecule has 0 bridgehead atoms. The van der Waals surface area contributed by atoms with Crippen molar-refractivity contribution in [3.8, 4) is 11.8 Å². The first kappa shape index (κ1) is 16.2. The number of halogens is 2. The molecule has 0 aliphatic rings. The van der Waals surface area contributed by atoms with Gasteiger partial charge in [0, 0.05) is 12.1 Å². The van der Waals surface area contributed by atoms with Crippen molar-refractivity contribution in [2.24, 2.45) is 0 Å². The third kappa shape index (κ3) is 3.53. The molecule has 5 nitrogen and oxygen atoms in total. The van der Waals surface area contributed by atoms with E-state index in [1.54, 1.807) is 24.3 Å². The Bertz CT molecular complexity index is 803. The van der Waals surface area contributed by atoms with E-state index in [-0.39, 0.29) is 17.0 Å². The van der Waals surface area contributed by atoms with Crippen LogP contribution in [-0.2, 0) is 0 Å². The molecule has 0 atom stereocenters. The monoisotopic (exact) mass is 422 g/mol. The topological polar surface area (TPSA) is 87.2 Å². The third-order valence-corrected chi connectivity index (χ3v) is 4.05. The van der Waals surface area contributed by atoms with Gasteiger partial charge in [0.25, 0.3) is 5.69 Å². The van der Waals surface area contributed by atoms with Gasteiger partial charge in [-0.05, 0) is 61.2 Å². The van der Waals surface area contributed by atoms with Crippen LogP contribution >= 0.6 is 31.9 Å². The standard InChI is InChI=1S/C15H8Br2N2O3/c16-13-5-9(6-14(17)15(13)20)4-11(8-18)10-2-1-3-12(7-10)19(21)22/h1-7,20H. The van der Waals surface area contributed by atoms with E-state index in [0.717, 1.165) is 0 Å². The van der Waals surface area contributed by atoms with Gasteiger partial charge in [-0.1, -0.05) is 12.1 Å². The Balaban J connectivity index is 2.51. The van der Waals surface area contributed by atoms with E-state index in [0.29, 0.717) is 20.1 Å². The fourth-order valence-corrected chi connectivity index (χ4v) is 3.02. The average molecular weight is 424 g/mol. The van der Waals surface area contributed by atoms with Gasteiger partial charge in [0.2, 0.25) is 0 Å². The second-order valence-corrected chi connectivity index (χ2v) is 6.02. The number of nitro benzene ring substituents is 1. The zero-order valence-electron chi connectivity index (χ0n) is 11.0. The van der Waals surface area contributed by atoms with Crippen molar-refractivity contribution in [3.05, 3.63) is 66.6 Å². The van der Waals surface area contributed by atoms with Crippen molar-refractivity contribution in [1.82, 2.24) is 0 Å². The van der Waals surface area contributed by atoms with E-state index >= 15 is 0 Å². The quantitative estimate of drug-likeness (QED) is 0.329. The molecule has 22 heavy (non-hydrogen) atoms. The van der Waals surface area contributed by atoms with E-state index in [9.17, 15) is 20.5 Å². The molecule has 0 heterocycles. The number of phenolic OH excluding ortho intramolecular Hbond substituents is 1. The summed E-state index contributed by atoms with van der Waals surface area (Å²) in [7, 11) is 0. The lowest BCUT2D eigenvalue weighted by Crippen LogP contribution is -1.89. The van der Waals surface area contributed by atoms with Gasteiger partial charge >= 0.3 is 0 Å². The van der Waals surface area contributed by atoms with E-state index in [1.807, 2.05) is 6.07 Å². The predicted octanol–water partition coefficient (Wildman–Crippen LogP) is 4.89. The van der Waals surface area contributed by atoms with Crippen LogP contribution in [0.25, 0.3) is 11.6 Å². The average Bonchev–Trinajstić information content (AvgIpc) is 2.50. The number of aromatic hydroxyl groups is 1. The van der Waals surface area contributed by atoms with Crippen LogP contribution < -0.4 is 0 Å². The lowest BCUT2D eigenvalue weighted by Gasteiger charge is -2.04. The highest BCUT2D eigenvalue weighted by atomic mass is 79.9. The minimum atomic E-state index is -0.508. The zero-order chi connectivity index (χ0) is 16.3. The molecule has 1 N–H and O–H groups in total. The number of nitrogens with zero attached hydrogens (tertiary/aromatic N) is 2. The van der Waals surface area contributed by atoms with Gasteiger partial charge < -0.3 is 5.11 Å². The summed E-state index contributed by atoms with van der Waals surface area (Å²) in [4.78, 5) is 10.3. The molecule has 2 rings (SSSR count). The highest BCUT2D eigenvalue weighted by molar-refractivity contribution is 9.11. The van der Waals surface area contributed by atoms with Crippen molar-refractivity contribution in [1.29, 1.82) is 5.26 Å². The van der Waals surface area contributed by atoms with Crippen LogP contribution in [0.1, 0.15) is 11.1 Å². The van der Waals surface area contributed by atoms with E-state index in [4.69, 9.17) is 0 Å². The van der Waals surface area contributed by atoms with Crippen LogP contribution in [0.4, 0.5) is 5.69 Å². The Hall–Kier alpha value is -2.17. The Morgan fingerprint density at radius 2 is 1.91 bits per heavy atom. The van der Waals surface area contributed by atoms with E-state index in [1.165, 1.54) is 18.2 Å². The van der Waals surface area contributed by atoms with Crippen LogP contribution in [0, 0.1) is 21.4 Å². The van der Waals surface area contributed by atoms with Gasteiger partial charge in [-0.2, -0.15) is 5.26 Å². The van der Waals surface area contributed by atoms with Crippen LogP contribution in [0.3, 0.4) is 0 Å². The zero-order valence-corrected chi connectivity index (χ0v) is 14.1.